The van der Waals surface area contributed by atoms with Gasteiger partial charge in [-0.05, 0) is 38.1 Å². The van der Waals surface area contributed by atoms with Gasteiger partial charge in [-0.25, -0.2) is 4.98 Å². The van der Waals surface area contributed by atoms with E-state index in [4.69, 9.17) is 9.15 Å². The molecule has 0 amide bonds. The van der Waals surface area contributed by atoms with Gasteiger partial charge in [0.2, 0.25) is 5.89 Å². The molecular formula is C15H15N3O2S2. The van der Waals surface area contributed by atoms with Gasteiger partial charge in [0.15, 0.2) is 0 Å². The van der Waals surface area contributed by atoms with Gasteiger partial charge in [0.25, 0.3) is 5.22 Å². The van der Waals surface area contributed by atoms with Crippen molar-refractivity contribution in [1.82, 2.24) is 15.2 Å². The lowest BCUT2D eigenvalue weighted by Crippen LogP contribution is -1.82. The Balaban J connectivity index is 1.67. The van der Waals surface area contributed by atoms with Crippen LogP contribution in [0, 0.1) is 13.8 Å². The molecule has 0 unspecified atom stereocenters. The van der Waals surface area contributed by atoms with Crippen molar-refractivity contribution in [2.75, 3.05) is 7.11 Å². The van der Waals surface area contributed by atoms with Crippen LogP contribution in [0.15, 0.2) is 33.9 Å². The fourth-order valence-electron chi connectivity index (χ4n) is 1.84. The quantitative estimate of drug-likeness (QED) is 0.655. The molecule has 5 nitrogen and oxygen atoms in total. The van der Waals surface area contributed by atoms with Gasteiger partial charge in [0, 0.05) is 10.4 Å². The van der Waals surface area contributed by atoms with E-state index in [9.17, 15) is 0 Å². The van der Waals surface area contributed by atoms with Crippen molar-refractivity contribution in [2.24, 2.45) is 0 Å². The fraction of sp³-hybridized carbons (Fsp3) is 0.267. The Morgan fingerprint density at radius 3 is 2.59 bits per heavy atom. The van der Waals surface area contributed by atoms with E-state index in [0.29, 0.717) is 11.1 Å². The summed E-state index contributed by atoms with van der Waals surface area (Å²) in [7, 11) is 1.64. The number of aromatic nitrogens is 3. The number of ether oxygens (including phenoxy) is 1. The number of thioether (sulfide) groups is 1. The van der Waals surface area contributed by atoms with E-state index >= 15 is 0 Å². The molecule has 7 heteroatoms. The lowest BCUT2D eigenvalue weighted by atomic mass is 10.2. The van der Waals surface area contributed by atoms with Crippen molar-refractivity contribution in [1.29, 1.82) is 0 Å². The monoisotopic (exact) mass is 333 g/mol. The maximum Gasteiger partial charge on any atom is 0.277 e. The van der Waals surface area contributed by atoms with Gasteiger partial charge in [-0.3, -0.25) is 0 Å². The van der Waals surface area contributed by atoms with Gasteiger partial charge in [0.05, 0.1) is 18.6 Å². The SMILES string of the molecule is COc1ccc(-c2nnc(SCc3nc(C)c(C)s3)o2)cc1. The molecule has 114 valence electrons. The number of rotatable bonds is 5. The average Bonchev–Trinajstić information content (AvgIpc) is 3.13. The Kier molecular flexibility index (Phi) is 4.44. The van der Waals surface area contributed by atoms with E-state index in [0.717, 1.165) is 27.8 Å². The summed E-state index contributed by atoms with van der Waals surface area (Å²) in [6.45, 7) is 4.10. The van der Waals surface area contributed by atoms with Gasteiger partial charge in [-0.15, -0.1) is 21.5 Å². The molecular weight excluding hydrogens is 318 g/mol. The standard InChI is InChI=1S/C15H15N3O2S2/c1-9-10(2)22-13(16-9)8-21-15-18-17-14(20-15)11-4-6-12(19-3)7-5-11/h4-7H,8H2,1-3H3. The van der Waals surface area contributed by atoms with Crippen LogP contribution in [-0.4, -0.2) is 22.3 Å². The summed E-state index contributed by atoms with van der Waals surface area (Å²) in [6, 6.07) is 7.53. The first-order chi connectivity index (χ1) is 10.7. The van der Waals surface area contributed by atoms with Crippen LogP contribution in [0.3, 0.4) is 0 Å². The number of methoxy groups -OCH3 is 1. The van der Waals surface area contributed by atoms with Crippen LogP contribution in [0.1, 0.15) is 15.6 Å². The predicted octanol–water partition coefficient (Wildman–Crippen LogP) is 4.11. The number of thiazole rings is 1. The summed E-state index contributed by atoms with van der Waals surface area (Å²) >= 11 is 3.21. The van der Waals surface area contributed by atoms with Crippen molar-refractivity contribution in [3.63, 3.8) is 0 Å². The molecule has 0 fully saturated rings. The second-order valence-electron chi connectivity index (χ2n) is 4.64. The van der Waals surface area contributed by atoms with Gasteiger partial charge >= 0.3 is 0 Å². The minimum atomic E-state index is 0.511. The van der Waals surface area contributed by atoms with Gasteiger partial charge in [-0.1, -0.05) is 11.8 Å². The third kappa shape index (κ3) is 3.31. The van der Waals surface area contributed by atoms with E-state index in [1.165, 1.54) is 16.6 Å². The van der Waals surface area contributed by atoms with Gasteiger partial charge < -0.3 is 9.15 Å². The van der Waals surface area contributed by atoms with Gasteiger partial charge in [-0.2, -0.15) is 0 Å². The number of hydrogen-bond acceptors (Lipinski definition) is 7. The highest BCUT2D eigenvalue weighted by molar-refractivity contribution is 7.98. The van der Waals surface area contributed by atoms with Crippen molar-refractivity contribution in [3.8, 4) is 17.2 Å². The molecule has 0 bridgehead atoms. The van der Waals surface area contributed by atoms with Crippen molar-refractivity contribution >= 4 is 23.1 Å². The Morgan fingerprint density at radius 2 is 1.95 bits per heavy atom. The maximum atomic E-state index is 5.68. The van der Waals surface area contributed by atoms with E-state index < -0.39 is 0 Å². The molecule has 0 radical (unpaired) electrons. The first kappa shape index (κ1) is 15.1. The first-order valence-corrected chi connectivity index (χ1v) is 8.49. The normalized spacial score (nSPS) is 10.9. The third-order valence-corrected chi connectivity index (χ3v) is 5.22. The molecule has 0 aliphatic heterocycles. The Morgan fingerprint density at radius 1 is 1.18 bits per heavy atom. The lowest BCUT2D eigenvalue weighted by molar-refractivity contribution is 0.414. The van der Waals surface area contributed by atoms with E-state index in [1.807, 2.05) is 31.2 Å². The van der Waals surface area contributed by atoms with E-state index in [2.05, 4.69) is 22.1 Å². The van der Waals surface area contributed by atoms with Gasteiger partial charge in [0.1, 0.15) is 10.8 Å². The summed E-state index contributed by atoms with van der Waals surface area (Å²) in [4.78, 5) is 5.75. The highest BCUT2D eigenvalue weighted by Gasteiger charge is 2.11. The van der Waals surface area contributed by atoms with Crippen molar-refractivity contribution in [2.45, 2.75) is 24.8 Å². The second-order valence-corrected chi connectivity index (χ2v) is 6.85. The van der Waals surface area contributed by atoms with Crippen LogP contribution in [0.5, 0.6) is 5.75 Å². The molecule has 3 rings (SSSR count). The minimum absolute atomic E-state index is 0.511. The molecule has 0 atom stereocenters. The zero-order valence-corrected chi connectivity index (χ0v) is 14.1. The predicted molar refractivity (Wildman–Crippen MR) is 87.4 cm³/mol. The second kappa shape index (κ2) is 6.50. The van der Waals surface area contributed by atoms with Crippen LogP contribution >= 0.6 is 23.1 Å². The first-order valence-electron chi connectivity index (χ1n) is 6.69. The summed E-state index contributed by atoms with van der Waals surface area (Å²) in [5, 5.41) is 9.78. The van der Waals surface area contributed by atoms with Crippen LogP contribution < -0.4 is 4.74 Å². The van der Waals surface area contributed by atoms with Crippen LogP contribution in [-0.2, 0) is 5.75 Å². The highest BCUT2D eigenvalue weighted by Crippen LogP contribution is 2.28. The molecule has 0 aliphatic carbocycles. The zero-order valence-electron chi connectivity index (χ0n) is 12.5. The number of hydrogen-bond donors (Lipinski definition) is 0. The average molecular weight is 333 g/mol. The summed E-state index contributed by atoms with van der Waals surface area (Å²) < 4.78 is 10.8. The van der Waals surface area contributed by atoms with Crippen LogP contribution in [0.2, 0.25) is 0 Å². The summed E-state index contributed by atoms with van der Waals surface area (Å²) in [5.41, 5.74) is 1.96. The molecule has 2 heterocycles. The lowest BCUT2D eigenvalue weighted by Gasteiger charge is -1.99. The molecule has 0 saturated heterocycles. The minimum Gasteiger partial charge on any atom is -0.497 e. The number of nitrogens with zero attached hydrogens (tertiary/aromatic N) is 3. The molecule has 22 heavy (non-hydrogen) atoms. The van der Waals surface area contributed by atoms with Crippen molar-refractivity contribution in [3.05, 3.63) is 39.8 Å². The third-order valence-electron chi connectivity index (χ3n) is 3.14. The molecule has 2 aromatic heterocycles. The Bertz CT molecular complexity index is 746. The van der Waals surface area contributed by atoms with Crippen LogP contribution in [0.25, 0.3) is 11.5 Å². The largest absolute Gasteiger partial charge is 0.497 e. The Hall–Kier alpha value is -1.86. The van der Waals surface area contributed by atoms with Crippen LogP contribution in [0.4, 0.5) is 0 Å². The maximum absolute atomic E-state index is 5.68. The zero-order chi connectivity index (χ0) is 15.5. The molecule has 0 spiro atoms. The highest BCUT2D eigenvalue weighted by atomic mass is 32.2. The number of aryl methyl sites for hydroxylation is 2. The van der Waals surface area contributed by atoms with E-state index in [-0.39, 0.29) is 0 Å². The fourth-order valence-corrected chi connectivity index (χ4v) is 3.53. The molecule has 1 aromatic carbocycles. The molecule has 0 N–H and O–H groups in total. The molecule has 0 saturated carbocycles. The molecule has 0 aliphatic rings. The summed E-state index contributed by atoms with van der Waals surface area (Å²) in [5.74, 6) is 2.05. The number of benzene rings is 1. The van der Waals surface area contributed by atoms with E-state index in [1.54, 1.807) is 18.4 Å². The smallest absolute Gasteiger partial charge is 0.277 e. The molecule has 3 aromatic rings. The Labute approximate surface area is 136 Å². The topological polar surface area (TPSA) is 61.0 Å². The summed E-state index contributed by atoms with van der Waals surface area (Å²) in [6.07, 6.45) is 0. The van der Waals surface area contributed by atoms with Crippen molar-refractivity contribution < 1.29 is 9.15 Å².